The number of benzene rings is 2. The average Bonchev–Trinajstić information content (AvgIpc) is 3.40. The van der Waals surface area contributed by atoms with Crippen LogP contribution in [0.25, 0.3) is 0 Å². The fraction of sp³-hybridized carbons (Fsp3) is 0.440. The van der Waals surface area contributed by atoms with E-state index in [0.717, 1.165) is 37.0 Å². The number of carbonyl (C=O) groups excluding carboxylic acids is 1. The molecule has 1 amide bonds. The minimum Gasteiger partial charge on any atom is -0.376 e. The second-order valence-electron chi connectivity index (χ2n) is 8.53. The van der Waals surface area contributed by atoms with Crippen molar-refractivity contribution in [3.8, 4) is 0 Å². The number of ether oxygens (including phenoxy) is 1. The number of aliphatic imine (C=N–C) groups is 1. The third-order valence-corrected chi connectivity index (χ3v) is 6.60. The van der Waals surface area contributed by atoms with Crippen LogP contribution in [0, 0.1) is 19.4 Å². The summed E-state index contributed by atoms with van der Waals surface area (Å²) in [6, 6.07) is 9.91. The summed E-state index contributed by atoms with van der Waals surface area (Å²) in [5.74, 6) is 0.129. The Labute approximate surface area is 183 Å². The predicted octanol–water partition coefficient (Wildman–Crippen LogP) is 4.80. The van der Waals surface area contributed by atoms with E-state index < -0.39 is 0 Å². The highest BCUT2D eigenvalue weighted by atomic mass is 16.5. The van der Waals surface area contributed by atoms with Crippen molar-refractivity contribution in [2.45, 2.75) is 51.8 Å². The second-order valence-corrected chi connectivity index (χ2v) is 8.53. The van der Waals surface area contributed by atoms with Gasteiger partial charge in [-0.05, 0) is 72.6 Å². The lowest BCUT2D eigenvalue weighted by atomic mass is 9.91. The van der Waals surface area contributed by atoms with E-state index >= 15 is 0 Å². The molecular formula is C25H30N4O2. The van der Waals surface area contributed by atoms with Crippen LogP contribution in [-0.4, -0.2) is 43.3 Å². The molecule has 2 atom stereocenters. The number of hydrogen-bond donors (Lipinski definition) is 1. The maximum Gasteiger partial charge on any atom is 0.254 e. The highest BCUT2D eigenvalue weighted by Crippen LogP contribution is 2.32. The van der Waals surface area contributed by atoms with Gasteiger partial charge in [0.15, 0.2) is 0 Å². The normalized spacial score (nSPS) is 19.3. The van der Waals surface area contributed by atoms with E-state index in [1.54, 1.807) is 13.3 Å². The lowest BCUT2D eigenvalue weighted by molar-refractivity contribution is 0.0545. The van der Waals surface area contributed by atoms with Gasteiger partial charge in [0.05, 0.1) is 6.10 Å². The zero-order chi connectivity index (χ0) is 22.0. The summed E-state index contributed by atoms with van der Waals surface area (Å²) < 4.78 is 5.75. The van der Waals surface area contributed by atoms with Crippen molar-refractivity contribution in [2.24, 2.45) is 10.1 Å². The van der Waals surface area contributed by atoms with Crippen LogP contribution in [0.2, 0.25) is 0 Å². The molecule has 1 N–H and O–H groups in total. The first-order valence-corrected chi connectivity index (χ1v) is 10.9. The lowest BCUT2D eigenvalue weighted by Gasteiger charge is -2.19. The van der Waals surface area contributed by atoms with Gasteiger partial charge in [-0.25, -0.2) is 5.53 Å². The van der Waals surface area contributed by atoms with Crippen molar-refractivity contribution in [1.29, 1.82) is 5.53 Å². The smallest absolute Gasteiger partial charge is 0.254 e. The largest absolute Gasteiger partial charge is 0.376 e. The van der Waals surface area contributed by atoms with E-state index in [2.05, 4.69) is 42.2 Å². The van der Waals surface area contributed by atoms with Crippen LogP contribution >= 0.6 is 0 Å². The van der Waals surface area contributed by atoms with E-state index in [4.69, 9.17) is 10.3 Å². The van der Waals surface area contributed by atoms with Gasteiger partial charge in [0.1, 0.15) is 6.04 Å². The molecule has 0 bridgehead atoms. The van der Waals surface area contributed by atoms with E-state index in [0.29, 0.717) is 13.1 Å². The van der Waals surface area contributed by atoms with Crippen LogP contribution in [0.1, 0.15) is 62.6 Å². The van der Waals surface area contributed by atoms with Crippen molar-refractivity contribution >= 4 is 12.1 Å². The molecule has 1 saturated heterocycles. The first-order valence-electron chi connectivity index (χ1n) is 10.9. The highest BCUT2D eigenvalue weighted by molar-refractivity contribution is 5.99. The summed E-state index contributed by atoms with van der Waals surface area (Å²) in [6.45, 7) is 6.47. The minimum atomic E-state index is -0.338. The zero-order valence-corrected chi connectivity index (χ0v) is 18.5. The molecule has 0 radical (unpaired) electrons. The van der Waals surface area contributed by atoms with Gasteiger partial charge in [-0.3, -0.25) is 9.79 Å². The zero-order valence-electron chi connectivity index (χ0n) is 18.5. The molecule has 2 unspecified atom stereocenters. The summed E-state index contributed by atoms with van der Waals surface area (Å²) in [5.41, 5.74) is 15.2. The summed E-state index contributed by atoms with van der Waals surface area (Å²) in [7, 11) is 1.69. The molecule has 2 aliphatic rings. The Morgan fingerprint density at radius 2 is 2.03 bits per heavy atom. The molecule has 6 nitrogen and oxygen atoms in total. The molecule has 1 fully saturated rings. The maximum atomic E-state index is 13.1. The summed E-state index contributed by atoms with van der Waals surface area (Å²) in [5, 5.41) is 3.63. The number of rotatable bonds is 7. The Balaban J connectivity index is 1.54. The number of carbonyl (C=O) groups is 1. The van der Waals surface area contributed by atoms with Gasteiger partial charge >= 0.3 is 0 Å². The van der Waals surface area contributed by atoms with Crippen LogP contribution in [0.15, 0.2) is 40.4 Å². The molecular weight excluding hydrogens is 388 g/mol. The summed E-state index contributed by atoms with van der Waals surface area (Å²) in [4.78, 5) is 19.0. The molecule has 2 aromatic rings. The lowest BCUT2D eigenvalue weighted by Crippen LogP contribution is -2.32. The van der Waals surface area contributed by atoms with E-state index in [-0.39, 0.29) is 18.1 Å². The van der Waals surface area contributed by atoms with Gasteiger partial charge in [-0.2, -0.15) is 5.11 Å². The molecule has 31 heavy (non-hydrogen) atoms. The molecule has 2 aliphatic heterocycles. The fourth-order valence-electron chi connectivity index (χ4n) is 4.62. The Kier molecular flexibility index (Phi) is 6.28. The van der Waals surface area contributed by atoms with E-state index in [1.165, 1.54) is 27.8 Å². The maximum absolute atomic E-state index is 13.1. The van der Waals surface area contributed by atoms with Crippen molar-refractivity contribution in [3.63, 3.8) is 0 Å². The van der Waals surface area contributed by atoms with Crippen molar-refractivity contribution in [2.75, 3.05) is 20.2 Å². The Bertz CT molecular complexity index is 1010. The van der Waals surface area contributed by atoms with Crippen LogP contribution in [0.4, 0.5) is 0 Å². The molecule has 0 spiro atoms. The minimum absolute atomic E-state index is 0.129. The number of hydrogen-bond acceptors (Lipinski definition) is 5. The van der Waals surface area contributed by atoms with E-state index in [1.807, 2.05) is 17.0 Å². The Morgan fingerprint density at radius 3 is 2.68 bits per heavy atom. The van der Waals surface area contributed by atoms with E-state index in [9.17, 15) is 4.79 Å². The molecule has 0 aliphatic carbocycles. The van der Waals surface area contributed by atoms with Crippen molar-refractivity contribution < 1.29 is 9.53 Å². The number of nitrogens with one attached hydrogen (secondary N) is 1. The molecule has 0 saturated carbocycles. The predicted molar refractivity (Wildman–Crippen MR) is 121 cm³/mol. The SMILES string of the molecule is CN=CC(N=N)c1ccc(Cc2cc3c(c(C)c2C)CN(CC2CCCO2)C3=O)cc1. The molecule has 0 aromatic heterocycles. The number of amides is 1. The van der Waals surface area contributed by atoms with Crippen molar-refractivity contribution in [1.82, 2.24) is 4.90 Å². The van der Waals surface area contributed by atoms with Gasteiger partial charge in [0.25, 0.3) is 5.91 Å². The molecule has 2 heterocycles. The van der Waals surface area contributed by atoms with Crippen LogP contribution in [0.5, 0.6) is 0 Å². The monoisotopic (exact) mass is 418 g/mol. The quantitative estimate of drug-likeness (QED) is 0.518. The van der Waals surface area contributed by atoms with Gasteiger partial charge in [-0.1, -0.05) is 24.3 Å². The second kappa shape index (κ2) is 9.10. The van der Waals surface area contributed by atoms with Crippen LogP contribution in [-0.2, 0) is 17.7 Å². The van der Waals surface area contributed by atoms with Crippen LogP contribution in [0.3, 0.4) is 0 Å². The standard InChI is InChI=1S/C25H30N4O2/c1-16-17(2)23-15-29(14-21-5-4-10-31-21)25(30)22(23)12-20(16)11-18-6-8-19(9-7-18)24(28-26)13-27-3/h6-9,12-13,21,24,26H,4-5,10-11,14-15H2,1-3H3. The third kappa shape index (κ3) is 4.30. The number of nitrogens with zero attached hydrogens (tertiary/aromatic N) is 3. The van der Waals surface area contributed by atoms with Crippen molar-refractivity contribution in [3.05, 3.63) is 69.3 Å². The average molecular weight is 419 g/mol. The Morgan fingerprint density at radius 1 is 1.26 bits per heavy atom. The Hall–Kier alpha value is -2.86. The fourth-order valence-corrected chi connectivity index (χ4v) is 4.62. The van der Waals surface area contributed by atoms with Gasteiger partial charge in [0.2, 0.25) is 0 Å². The molecule has 6 heteroatoms. The number of fused-ring (bicyclic) bond motifs is 1. The van der Waals surface area contributed by atoms with Gasteiger partial charge in [0, 0.05) is 38.5 Å². The van der Waals surface area contributed by atoms with Gasteiger partial charge < -0.3 is 9.64 Å². The summed E-state index contributed by atoms with van der Waals surface area (Å²) >= 11 is 0. The topological polar surface area (TPSA) is 78.1 Å². The van der Waals surface area contributed by atoms with Gasteiger partial charge in [-0.15, -0.1) is 0 Å². The molecule has 2 aromatic carbocycles. The highest BCUT2D eigenvalue weighted by Gasteiger charge is 2.32. The molecule has 162 valence electrons. The summed E-state index contributed by atoms with van der Waals surface area (Å²) in [6.07, 6.45) is 4.74. The molecule has 4 rings (SSSR count). The third-order valence-electron chi connectivity index (χ3n) is 6.60. The first-order chi connectivity index (χ1) is 15.0. The first kappa shape index (κ1) is 21.4. The van der Waals surface area contributed by atoms with Crippen LogP contribution < -0.4 is 0 Å².